The van der Waals surface area contributed by atoms with E-state index in [4.69, 9.17) is 9.47 Å². The van der Waals surface area contributed by atoms with Crippen LogP contribution in [0.25, 0.3) is 0 Å². The van der Waals surface area contributed by atoms with Crippen LogP contribution in [0.1, 0.15) is 65.2 Å². The highest BCUT2D eigenvalue weighted by Gasteiger charge is 2.41. The van der Waals surface area contributed by atoms with E-state index in [-0.39, 0.29) is 5.60 Å². The molecular formula is C17H31NO2. The standard InChI is InChI=1S/C17H31NO2/c1-3-18-16(15-10-9-13-19-14-15)17(20-4-2)11-7-5-6-8-12-17/h14,16,18H,3-13H2,1-2H3. The molecule has 1 aliphatic carbocycles. The van der Waals surface area contributed by atoms with E-state index in [2.05, 4.69) is 19.2 Å². The molecule has 20 heavy (non-hydrogen) atoms. The van der Waals surface area contributed by atoms with E-state index in [9.17, 15) is 0 Å². The Balaban J connectivity index is 2.22. The molecule has 0 radical (unpaired) electrons. The first-order valence-corrected chi connectivity index (χ1v) is 8.50. The van der Waals surface area contributed by atoms with E-state index < -0.39 is 0 Å². The van der Waals surface area contributed by atoms with E-state index in [0.717, 1.165) is 32.6 Å². The normalized spacial score (nSPS) is 24.4. The highest BCUT2D eigenvalue weighted by molar-refractivity contribution is 5.18. The number of ether oxygens (including phenoxy) is 2. The molecule has 116 valence electrons. The minimum atomic E-state index is -0.0200. The molecule has 0 aromatic heterocycles. The average molecular weight is 281 g/mol. The highest BCUT2D eigenvalue weighted by Crippen LogP contribution is 2.37. The van der Waals surface area contributed by atoms with Crippen LogP contribution in [0, 0.1) is 0 Å². The van der Waals surface area contributed by atoms with Gasteiger partial charge in [0.15, 0.2) is 0 Å². The summed E-state index contributed by atoms with van der Waals surface area (Å²) < 4.78 is 12.0. The van der Waals surface area contributed by atoms with E-state index in [1.165, 1.54) is 44.1 Å². The Hall–Kier alpha value is -0.540. The van der Waals surface area contributed by atoms with Crippen LogP contribution in [0.4, 0.5) is 0 Å². The van der Waals surface area contributed by atoms with Gasteiger partial charge in [0.1, 0.15) is 0 Å². The second-order valence-electron chi connectivity index (χ2n) is 6.07. The molecule has 0 saturated heterocycles. The maximum atomic E-state index is 6.36. The average Bonchev–Trinajstić information content (AvgIpc) is 2.72. The van der Waals surface area contributed by atoms with E-state index >= 15 is 0 Å². The summed E-state index contributed by atoms with van der Waals surface area (Å²) in [4.78, 5) is 0. The van der Waals surface area contributed by atoms with E-state index in [1.807, 2.05) is 6.26 Å². The molecule has 1 unspecified atom stereocenters. The van der Waals surface area contributed by atoms with Gasteiger partial charge in [0.2, 0.25) is 0 Å². The van der Waals surface area contributed by atoms with Crippen molar-refractivity contribution in [1.82, 2.24) is 5.32 Å². The third kappa shape index (κ3) is 3.76. The minimum absolute atomic E-state index is 0.0200. The lowest BCUT2D eigenvalue weighted by atomic mass is 9.80. The van der Waals surface area contributed by atoms with Crippen LogP contribution in [0.15, 0.2) is 11.8 Å². The summed E-state index contributed by atoms with van der Waals surface area (Å²) in [5.41, 5.74) is 1.39. The molecule has 3 heteroatoms. The molecule has 1 fully saturated rings. The van der Waals surface area contributed by atoms with Gasteiger partial charge in [0.25, 0.3) is 0 Å². The molecule has 0 spiro atoms. The summed E-state index contributed by atoms with van der Waals surface area (Å²) in [5.74, 6) is 0. The van der Waals surface area contributed by atoms with Gasteiger partial charge in [-0.15, -0.1) is 0 Å². The zero-order valence-electron chi connectivity index (χ0n) is 13.2. The van der Waals surface area contributed by atoms with Crippen molar-refractivity contribution in [3.63, 3.8) is 0 Å². The van der Waals surface area contributed by atoms with Crippen LogP contribution in [0.2, 0.25) is 0 Å². The number of rotatable bonds is 6. The Bertz CT molecular complexity index is 306. The van der Waals surface area contributed by atoms with Crippen molar-refractivity contribution in [1.29, 1.82) is 0 Å². The molecule has 1 aliphatic heterocycles. The van der Waals surface area contributed by atoms with Crippen molar-refractivity contribution in [3.8, 4) is 0 Å². The Morgan fingerprint density at radius 2 is 1.95 bits per heavy atom. The van der Waals surface area contributed by atoms with E-state index in [1.54, 1.807) is 0 Å². The van der Waals surface area contributed by atoms with Crippen LogP contribution in [0.3, 0.4) is 0 Å². The first-order valence-electron chi connectivity index (χ1n) is 8.50. The Labute approximate surface area is 124 Å². The van der Waals surface area contributed by atoms with Gasteiger partial charge in [-0.3, -0.25) is 0 Å². The third-order valence-electron chi connectivity index (χ3n) is 4.65. The lowest BCUT2D eigenvalue weighted by Gasteiger charge is -2.42. The zero-order valence-corrected chi connectivity index (χ0v) is 13.2. The van der Waals surface area contributed by atoms with Crippen molar-refractivity contribution >= 4 is 0 Å². The first-order chi connectivity index (χ1) is 9.82. The van der Waals surface area contributed by atoms with Gasteiger partial charge in [0.05, 0.1) is 24.5 Å². The fourth-order valence-electron chi connectivity index (χ4n) is 3.79. The molecule has 1 heterocycles. The van der Waals surface area contributed by atoms with Crippen LogP contribution >= 0.6 is 0 Å². The van der Waals surface area contributed by atoms with Crippen LogP contribution < -0.4 is 5.32 Å². The molecule has 2 aliphatic rings. The Kier molecular flexibility index (Phi) is 6.37. The summed E-state index contributed by atoms with van der Waals surface area (Å²) in [6, 6.07) is 0.325. The maximum absolute atomic E-state index is 6.36. The Morgan fingerprint density at radius 3 is 2.50 bits per heavy atom. The van der Waals surface area contributed by atoms with Crippen LogP contribution in [-0.4, -0.2) is 31.4 Å². The number of likely N-dealkylation sites (N-methyl/N-ethyl adjacent to an activating group) is 1. The van der Waals surface area contributed by atoms with Crippen molar-refractivity contribution in [2.75, 3.05) is 19.8 Å². The lowest BCUT2D eigenvalue weighted by Crippen LogP contribution is -2.53. The molecule has 1 saturated carbocycles. The predicted molar refractivity (Wildman–Crippen MR) is 82.8 cm³/mol. The zero-order chi connectivity index (χ0) is 14.3. The second-order valence-corrected chi connectivity index (χ2v) is 6.07. The largest absolute Gasteiger partial charge is 0.501 e. The maximum Gasteiger partial charge on any atom is 0.0876 e. The van der Waals surface area contributed by atoms with Crippen molar-refractivity contribution < 1.29 is 9.47 Å². The van der Waals surface area contributed by atoms with Gasteiger partial charge in [-0.25, -0.2) is 0 Å². The number of hydrogen-bond acceptors (Lipinski definition) is 3. The molecule has 0 aromatic rings. The predicted octanol–water partition coefficient (Wildman–Crippen LogP) is 3.79. The fraction of sp³-hybridized carbons (Fsp3) is 0.882. The molecule has 1 N–H and O–H groups in total. The molecule has 0 bridgehead atoms. The SMILES string of the molecule is CCNC(C1=COCCC1)C1(OCC)CCCCCC1. The van der Waals surface area contributed by atoms with Crippen molar-refractivity contribution in [2.45, 2.75) is 76.9 Å². The highest BCUT2D eigenvalue weighted by atomic mass is 16.5. The summed E-state index contributed by atoms with van der Waals surface area (Å²) in [7, 11) is 0. The summed E-state index contributed by atoms with van der Waals surface area (Å²) in [6.07, 6.45) is 11.9. The third-order valence-corrected chi connectivity index (χ3v) is 4.65. The van der Waals surface area contributed by atoms with Gasteiger partial charge >= 0.3 is 0 Å². The lowest BCUT2D eigenvalue weighted by molar-refractivity contribution is -0.0700. The minimum Gasteiger partial charge on any atom is -0.501 e. The number of nitrogens with one attached hydrogen (secondary N) is 1. The molecule has 3 nitrogen and oxygen atoms in total. The molecule has 2 rings (SSSR count). The summed E-state index contributed by atoms with van der Waals surface area (Å²) in [5, 5.41) is 3.70. The van der Waals surface area contributed by atoms with Crippen LogP contribution in [0.5, 0.6) is 0 Å². The molecule has 0 amide bonds. The molecule has 1 atom stereocenters. The summed E-state index contributed by atoms with van der Waals surface area (Å²) in [6.45, 7) is 6.96. The topological polar surface area (TPSA) is 30.5 Å². The molecule has 0 aromatic carbocycles. The van der Waals surface area contributed by atoms with Gasteiger partial charge in [0, 0.05) is 6.61 Å². The van der Waals surface area contributed by atoms with Gasteiger partial charge in [-0.2, -0.15) is 0 Å². The molecular weight excluding hydrogens is 250 g/mol. The van der Waals surface area contributed by atoms with Gasteiger partial charge in [-0.05, 0) is 44.7 Å². The van der Waals surface area contributed by atoms with Crippen LogP contribution in [-0.2, 0) is 9.47 Å². The van der Waals surface area contributed by atoms with Crippen molar-refractivity contribution in [2.24, 2.45) is 0 Å². The van der Waals surface area contributed by atoms with Crippen molar-refractivity contribution in [3.05, 3.63) is 11.8 Å². The quantitative estimate of drug-likeness (QED) is 0.751. The summed E-state index contributed by atoms with van der Waals surface area (Å²) >= 11 is 0. The second kappa shape index (κ2) is 8.04. The van der Waals surface area contributed by atoms with E-state index in [0.29, 0.717) is 6.04 Å². The Morgan fingerprint density at radius 1 is 1.20 bits per heavy atom. The first kappa shape index (κ1) is 15.8. The number of hydrogen-bond donors (Lipinski definition) is 1. The fourth-order valence-corrected chi connectivity index (χ4v) is 3.79. The monoisotopic (exact) mass is 281 g/mol. The smallest absolute Gasteiger partial charge is 0.0876 e. The van der Waals surface area contributed by atoms with Gasteiger partial charge < -0.3 is 14.8 Å². The van der Waals surface area contributed by atoms with Gasteiger partial charge in [-0.1, -0.05) is 32.6 Å².